The largest absolute Gasteiger partial charge is 0.359 e. The van der Waals surface area contributed by atoms with E-state index in [-0.39, 0.29) is 35.2 Å². The van der Waals surface area contributed by atoms with E-state index in [9.17, 15) is 9.59 Å². The van der Waals surface area contributed by atoms with E-state index in [1.54, 1.807) is 13.4 Å². The van der Waals surface area contributed by atoms with Crippen molar-refractivity contribution in [2.45, 2.75) is 38.6 Å². The number of carbonyl (C=O) groups is 2. The highest BCUT2D eigenvalue weighted by atomic mass is 35.5. The highest BCUT2D eigenvalue weighted by Gasteiger charge is 2.31. The summed E-state index contributed by atoms with van der Waals surface area (Å²) in [7, 11) is 1.65. The summed E-state index contributed by atoms with van der Waals surface area (Å²) in [5.74, 6) is 0.0265. The number of amides is 1. The van der Waals surface area contributed by atoms with Crippen molar-refractivity contribution in [3.8, 4) is 0 Å². The predicted octanol–water partition coefficient (Wildman–Crippen LogP) is 2.96. The Morgan fingerprint density at radius 1 is 1.38 bits per heavy atom. The van der Waals surface area contributed by atoms with Gasteiger partial charge in [-0.15, -0.1) is 0 Å². The Balaban J connectivity index is 1.97. The first kappa shape index (κ1) is 17.2. The number of hydrogen-bond donors (Lipinski definition) is 1. The summed E-state index contributed by atoms with van der Waals surface area (Å²) >= 11 is 12.6. The molecule has 1 fully saturated rings. The Kier molecular flexibility index (Phi) is 4.78. The second kappa shape index (κ2) is 6.69. The summed E-state index contributed by atoms with van der Waals surface area (Å²) < 4.78 is 1.94. The van der Waals surface area contributed by atoms with Gasteiger partial charge in [-0.3, -0.25) is 9.59 Å². The first-order chi connectivity index (χ1) is 11.4. The summed E-state index contributed by atoms with van der Waals surface area (Å²) in [4.78, 5) is 32.0. The van der Waals surface area contributed by atoms with Crippen LogP contribution in [0, 0.1) is 5.92 Å². The van der Waals surface area contributed by atoms with Gasteiger partial charge in [0, 0.05) is 31.0 Å². The number of carbonyl (C=O) groups excluding carboxylic acids is 2. The maximum absolute atomic E-state index is 11.8. The van der Waals surface area contributed by atoms with Gasteiger partial charge in [-0.25, -0.2) is 9.97 Å². The predicted molar refractivity (Wildman–Crippen MR) is 92.4 cm³/mol. The molecule has 24 heavy (non-hydrogen) atoms. The van der Waals surface area contributed by atoms with E-state index in [1.807, 2.05) is 4.57 Å². The quantitative estimate of drug-likeness (QED) is 0.841. The van der Waals surface area contributed by atoms with Crippen molar-refractivity contribution in [2.24, 2.45) is 5.92 Å². The molecule has 2 aromatic rings. The molecule has 1 N–H and O–H groups in total. The standard InChI is InChI=1S/C16H18Cl2N4O2/c1-8(23)5-11-12(17)13-15(21-14(11)18)22(7-20-13)10-4-3-9(6-10)16(24)19-2/h7,9-10H,3-6H2,1-2H3,(H,19,24)/t9-,10?/m1/s1. The average Bonchev–Trinajstić information content (AvgIpc) is 3.17. The van der Waals surface area contributed by atoms with E-state index < -0.39 is 0 Å². The zero-order chi connectivity index (χ0) is 17.4. The zero-order valence-electron chi connectivity index (χ0n) is 13.5. The number of rotatable bonds is 4. The normalized spacial score (nSPS) is 20.5. The molecule has 8 heteroatoms. The smallest absolute Gasteiger partial charge is 0.222 e. The van der Waals surface area contributed by atoms with Crippen LogP contribution in [-0.4, -0.2) is 33.3 Å². The minimum atomic E-state index is -0.0383. The van der Waals surface area contributed by atoms with Crippen molar-refractivity contribution < 1.29 is 9.59 Å². The average molecular weight is 369 g/mol. The number of imidazole rings is 1. The molecule has 0 spiro atoms. The summed E-state index contributed by atoms with van der Waals surface area (Å²) in [6.45, 7) is 1.48. The fourth-order valence-electron chi connectivity index (χ4n) is 3.33. The molecule has 2 atom stereocenters. The number of ketones is 1. The molecule has 1 aliphatic carbocycles. The lowest BCUT2D eigenvalue weighted by atomic mass is 10.1. The Bertz CT molecular complexity index is 818. The van der Waals surface area contributed by atoms with Crippen molar-refractivity contribution in [3.63, 3.8) is 0 Å². The fourth-order valence-corrected chi connectivity index (χ4v) is 3.91. The summed E-state index contributed by atoms with van der Waals surface area (Å²) in [5.41, 5.74) is 1.65. The molecule has 1 aliphatic rings. The van der Waals surface area contributed by atoms with Crippen LogP contribution < -0.4 is 5.32 Å². The van der Waals surface area contributed by atoms with Gasteiger partial charge in [0.05, 0.1) is 11.3 Å². The van der Waals surface area contributed by atoms with Gasteiger partial charge in [-0.05, 0) is 26.2 Å². The lowest BCUT2D eigenvalue weighted by Crippen LogP contribution is -2.25. The van der Waals surface area contributed by atoms with E-state index in [1.165, 1.54) is 6.92 Å². The highest BCUT2D eigenvalue weighted by Crippen LogP contribution is 2.38. The Morgan fingerprint density at radius 3 is 2.79 bits per heavy atom. The SMILES string of the molecule is CNC(=O)[C@@H]1CCC(n2cnc3c(Cl)c(CC(C)=O)c(Cl)nc32)C1. The molecule has 2 heterocycles. The van der Waals surface area contributed by atoms with Crippen LogP contribution in [0.2, 0.25) is 10.2 Å². The van der Waals surface area contributed by atoms with Gasteiger partial charge in [0.25, 0.3) is 0 Å². The molecule has 1 unspecified atom stereocenters. The summed E-state index contributed by atoms with van der Waals surface area (Å²) in [6, 6.07) is 0.135. The Hall–Kier alpha value is -1.66. The maximum Gasteiger partial charge on any atom is 0.222 e. The number of hydrogen-bond acceptors (Lipinski definition) is 4. The molecular formula is C16H18Cl2N4O2. The zero-order valence-corrected chi connectivity index (χ0v) is 15.0. The first-order valence-electron chi connectivity index (χ1n) is 7.83. The van der Waals surface area contributed by atoms with Crippen molar-refractivity contribution in [1.29, 1.82) is 0 Å². The summed E-state index contributed by atoms with van der Waals surface area (Å²) in [6.07, 6.45) is 4.25. The molecule has 0 aliphatic heterocycles. The molecule has 0 radical (unpaired) electrons. The van der Waals surface area contributed by atoms with Gasteiger partial charge in [0.15, 0.2) is 5.65 Å². The Morgan fingerprint density at radius 2 is 2.12 bits per heavy atom. The minimum Gasteiger partial charge on any atom is -0.359 e. The van der Waals surface area contributed by atoms with Gasteiger partial charge in [-0.2, -0.15) is 0 Å². The monoisotopic (exact) mass is 368 g/mol. The van der Waals surface area contributed by atoms with Gasteiger partial charge in [0.2, 0.25) is 5.91 Å². The van der Waals surface area contributed by atoms with Gasteiger partial charge >= 0.3 is 0 Å². The van der Waals surface area contributed by atoms with Crippen molar-refractivity contribution in [2.75, 3.05) is 7.05 Å². The third-order valence-electron chi connectivity index (χ3n) is 4.53. The van der Waals surface area contributed by atoms with E-state index >= 15 is 0 Å². The first-order valence-corrected chi connectivity index (χ1v) is 8.59. The van der Waals surface area contributed by atoms with Crippen molar-refractivity contribution >= 4 is 46.1 Å². The third-order valence-corrected chi connectivity index (χ3v) is 5.25. The summed E-state index contributed by atoms with van der Waals surface area (Å²) in [5, 5.41) is 3.30. The van der Waals surface area contributed by atoms with Gasteiger partial charge in [-0.1, -0.05) is 23.2 Å². The Labute approximate surface area is 149 Å². The van der Waals surface area contributed by atoms with Crippen LogP contribution in [0.4, 0.5) is 0 Å². The number of fused-ring (bicyclic) bond motifs is 1. The van der Waals surface area contributed by atoms with Gasteiger partial charge < -0.3 is 9.88 Å². The van der Waals surface area contributed by atoms with E-state index in [2.05, 4.69) is 15.3 Å². The number of nitrogens with zero attached hydrogens (tertiary/aromatic N) is 3. The van der Waals surface area contributed by atoms with Crippen LogP contribution in [0.15, 0.2) is 6.33 Å². The molecular weight excluding hydrogens is 351 g/mol. The molecule has 6 nitrogen and oxygen atoms in total. The van der Waals surface area contributed by atoms with Crippen LogP contribution in [0.1, 0.15) is 37.8 Å². The lowest BCUT2D eigenvalue weighted by molar-refractivity contribution is -0.124. The highest BCUT2D eigenvalue weighted by molar-refractivity contribution is 6.38. The number of aromatic nitrogens is 3. The molecule has 2 aromatic heterocycles. The van der Waals surface area contributed by atoms with E-state index in [4.69, 9.17) is 23.2 Å². The molecule has 1 amide bonds. The molecule has 0 saturated heterocycles. The topological polar surface area (TPSA) is 76.9 Å². The molecule has 0 bridgehead atoms. The van der Waals surface area contributed by atoms with Gasteiger partial charge in [0.1, 0.15) is 16.5 Å². The van der Waals surface area contributed by atoms with E-state index in [0.29, 0.717) is 21.7 Å². The second-order valence-electron chi connectivity index (χ2n) is 6.18. The lowest BCUT2D eigenvalue weighted by Gasteiger charge is -2.14. The maximum atomic E-state index is 11.8. The van der Waals surface area contributed by atoms with Crippen LogP contribution >= 0.6 is 23.2 Å². The van der Waals surface area contributed by atoms with Crippen LogP contribution in [-0.2, 0) is 16.0 Å². The minimum absolute atomic E-state index is 0.000352. The second-order valence-corrected chi connectivity index (χ2v) is 6.91. The van der Waals surface area contributed by atoms with Crippen LogP contribution in [0.25, 0.3) is 11.2 Å². The molecule has 0 aromatic carbocycles. The van der Waals surface area contributed by atoms with Crippen LogP contribution in [0.5, 0.6) is 0 Å². The van der Waals surface area contributed by atoms with E-state index in [0.717, 1.165) is 19.3 Å². The van der Waals surface area contributed by atoms with Crippen LogP contribution in [0.3, 0.4) is 0 Å². The van der Waals surface area contributed by atoms with Crippen molar-refractivity contribution in [1.82, 2.24) is 19.9 Å². The third kappa shape index (κ3) is 3.00. The molecule has 128 valence electrons. The molecule has 1 saturated carbocycles. The number of nitrogens with one attached hydrogen (secondary N) is 1. The van der Waals surface area contributed by atoms with Crippen molar-refractivity contribution in [3.05, 3.63) is 22.1 Å². The fraction of sp³-hybridized carbons (Fsp3) is 0.500. The number of pyridine rings is 1. The molecule has 3 rings (SSSR count). The number of Topliss-reactive ketones (excluding diaryl/α,β-unsaturated/α-hetero) is 1. The number of halogens is 2.